The number of halogens is 2. The lowest BCUT2D eigenvalue weighted by atomic mass is 10.2. The van der Waals surface area contributed by atoms with E-state index >= 15 is 0 Å². The molecule has 8 heteroatoms. The number of carbonyl (C=O) groups is 1. The highest BCUT2D eigenvalue weighted by Gasteiger charge is 2.11. The Hall–Kier alpha value is -2.61. The predicted molar refractivity (Wildman–Crippen MR) is 80.0 cm³/mol. The molecule has 0 aliphatic rings. The van der Waals surface area contributed by atoms with Gasteiger partial charge in [-0.25, -0.2) is 8.78 Å². The monoisotopic (exact) mass is 335 g/mol. The molecule has 5 nitrogen and oxygen atoms in total. The lowest BCUT2D eigenvalue weighted by molar-refractivity contribution is 0.0953. The Bertz CT molecular complexity index is 818. The molecule has 1 amide bonds. The van der Waals surface area contributed by atoms with Crippen molar-refractivity contribution in [1.29, 1.82) is 0 Å². The third kappa shape index (κ3) is 3.59. The van der Waals surface area contributed by atoms with Gasteiger partial charge in [0.2, 0.25) is 5.89 Å². The molecule has 1 N–H and O–H groups in total. The number of rotatable bonds is 5. The second-order valence-corrected chi connectivity index (χ2v) is 5.56. The summed E-state index contributed by atoms with van der Waals surface area (Å²) in [7, 11) is 0. The summed E-state index contributed by atoms with van der Waals surface area (Å²) in [6, 6.07) is 6.73. The molecule has 0 radical (unpaired) electrons. The lowest BCUT2D eigenvalue weighted by Crippen LogP contribution is -2.25. The Morgan fingerprint density at radius 3 is 2.83 bits per heavy atom. The molecule has 0 aliphatic heterocycles. The van der Waals surface area contributed by atoms with Gasteiger partial charge in [0.1, 0.15) is 0 Å². The number of hydrogen-bond donors (Lipinski definition) is 1. The van der Waals surface area contributed by atoms with Crippen LogP contribution in [0.4, 0.5) is 8.78 Å². The molecule has 2 heterocycles. The van der Waals surface area contributed by atoms with E-state index in [0.717, 1.165) is 17.0 Å². The minimum absolute atomic E-state index is 0.0497. The standard InChI is InChI=1S/C15H11F2N3O2S/c16-10-4-3-9(8-11(10)17)14(21)18-6-5-13-19-20-15(22-13)12-2-1-7-23-12/h1-4,7-8H,5-6H2,(H,18,21). The third-order valence-electron chi connectivity index (χ3n) is 3.01. The summed E-state index contributed by atoms with van der Waals surface area (Å²) in [6.07, 6.45) is 0.341. The van der Waals surface area contributed by atoms with Crippen LogP contribution < -0.4 is 5.32 Å². The van der Waals surface area contributed by atoms with Crippen LogP contribution >= 0.6 is 11.3 Å². The van der Waals surface area contributed by atoms with Crippen molar-refractivity contribution in [3.05, 3.63) is 58.8 Å². The molecule has 0 aliphatic carbocycles. The molecular formula is C15H11F2N3O2S. The fraction of sp³-hybridized carbons (Fsp3) is 0.133. The average molecular weight is 335 g/mol. The summed E-state index contributed by atoms with van der Waals surface area (Å²) in [4.78, 5) is 12.7. The smallest absolute Gasteiger partial charge is 0.257 e. The van der Waals surface area contributed by atoms with Crippen molar-refractivity contribution in [3.8, 4) is 10.8 Å². The number of nitrogens with zero attached hydrogens (tertiary/aromatic N) is 2. The van der Waals surface area contributed by atoms with Gasteiger partial charge in [0.05, 0.1) is 4.88 Å². The van der Waals surface area contributed by atoms with Crippen LogP contribution in [0.5, 0.6) is 0 Å². The summed E-state index contributed by atoms with van der Waals surface area (Å²) in [6.45, 7) is 0.240. The zero-order valence-electron chi connectivity index (χ0n) is 11.8. The van der Waals surface area contributed by atoms with Gasteiger partial charge in [-0.1, -0.05) is 6.07 Å². The average Bonchev–Trinajstić information content (AvgIpc) is 3.20. The molecule has 3 aromatic rings. The van der Waals surface area contributed by atoms with Crippen molar-refractivity contribution < 1.29 is 18.0 Å². The number of thiophene rings is 1. The van der Waals surface area contributed by atoms with Crippen LogP contribution in [-0.2, 0) is 6.42 Å². The van der Waals surface area contributed by atoms with Gasteiger partial charge in [0, 0.05) is 18.5 Å². The van der Waals surface area contributed by atoms with Gasteiger partial charge >= 0.3 is 0 Å². The number of carbonyl (C=O) groups excluding carboxylic acids is 1. The van der Waals surface area contributed by atoms with E-state index in [9.17, 15) is 13.6 Å². The topological polar surface area (TPSA) is 68.0 Å². The second-order valence-electron chi connectivity index (χ2n) is 4.61. The van der Waals surface area contributed by atoms with E-state index in [0.29, 0.717) is 18.2 Å². The van der Waals surface area contributed by atoms with E-state index in [1.54, 1.807) is 0 Å². The third-order valence-corrected chi connectivity index (χ3v) is 3.86. The molecule has 1 aromatic carbocycles. The normalized spacial score (nSPS) is 10.7. The first kappa shape index (κ1) is 15.3. The molecule has 3 rings (SSSR count). The Labute approximate surface area is 134 Å². The maximum absolute atomic E-state index is 13.1. The zero-order chi connectivity index (χ0) is 16.2. The minimum Gasteiger partial charge on any atom is -0.420 e. The van der Waals surface area contributed by atoms with Crippen molar-refractivity contribution in [3.63, 3.8) is 0 Å². The first-order valence-corrected chi connectivity index (χ1v) is 7.61. The number of benzene rings is 1. The van der Waals surface area contributed by atoms with Crippen molar-refractivity contribution >= 4 is 17.2 Å². The molecule has 0 saturated heterocycles. The van der Waals surface area contributed by atoms with E-state index < -0.39 is 17.5 Å². The van der Waals surface area contributed by atoms with Gasteiger partial charge in [-0.05, 0) is 29.6 Å². The highest BCUT2D eigenvalue weighted by atomic mass is 32.1. The molecule has 0 bridgehead atoms. The second kappa shape index (κ2) is 6.66. The largest absolute Gasteiger partial charge is 0.420 e. The molecule has 23 heavy (non-hydrogen) atoms. The fourth-order valence-electron chi connectivity index (χ4n) is 1.88. The van der Waals surface area contributed by atoms with Crippen LogP contribution in [0.3, 0.4) is 0 Å². The number of hydrogen-bond acceptors (Lipinski definition) is 5. The van der Waals surface area contributed by atoms with Crippen LogP contribution in [-0.4, -0.2) is 22.6 Å². The summed E-state index contributed by atoms with van der Waals surface area (Å²) in [5.41, 5.74) is 0.0497. The SMILES string of the molecule is O=C(NCCc1nnc(-c2cccs2)o1)c1ccc(F)c(F)c1. The van der Waals surface area contributed by atoms with E-state index in [-0.39, 0.29) is 12.1 Å². The maximum Gasteiger partial charge on any atom is 0.257 e. The van der Waals surface area contributed by atoms with Gasteiger partial charge in [0.15, 0.2) is 11.6 Å². The summed E-state index contributed by atoms with van der Waals surface area (Å²) >= 11 is 1.49. The van der Waals surface area contributed by atoms with Gasteiger partial charge in [-0.3, -0.25) is 4.79 Å². The van der Waals surface area contributed by atoms with Crippen LogP contribution in [0.25, 0.3) is 10.8 Å². The fourth-order valence-corrected chi connectivity index (χ4v) is 2.52. The Kier molecular flexibility index (Phi) is 4.42. The summed E-state index contributed by atoms with van der Waals surface area (Å²) < 4.78 is 31.4. The van der Waals surface area contributed by atoms with Crippen LogP contribution in [0.1, 0.15) is 16.2 Å². The number of amides is 1. The Balaban J connectivity index is 1.55. The molecule has 0 fully saturated rings. The van der Waals surface area contributed by atoms with Gasteiger partial charge < -0.3 is 9.73 Å². The molecular weight excluding hydrogens is 324 g/mol. The van der Waals surface area contributed by atoms with Crippen molar-refractivity contribution in [2.24, 2.45) is 0 Å². The number of nitrogens with one attached hydrogen (secondary N) is 1. The summed E-state index contributed by atoms with van der Waals surface area (Å²) in [5.74, 6) is -1.73. The molecule has 0 spiro atoms. The van der Waals surface area contributed by atoms with Gasteiger partial charge in [-0.2, -0.15) is 0 Å². The quantitative estimate of drug-likeness (QED) is 0.778. The van der Waals surface area contributed by atoms with E-state index in [4.69, 9.17) is 4.42 Å². The zero-order valence-corrected chi connectivity index (χ0v) is 12.6. The van der Waals surface area contributed by atoms with Crippen molar-refractivity contribution in [2.45, 2.75) is 6.42 Å². The molecule has 0 atom stereocenters. The van der Waals surface area contributed by atoms with Gasteiger partial charge in [0.25, 0.3) is 11.8 Å². The molecule has 0 unspecified atom stereocenters. The summed E-state index contributed by atoms with van der Waals surface area (Å²) in [5, 5.41) is 12.3. The first-order valence-electron chi connectivity index (χ1n) is 6.73. The predicted octanol–water partition coefficient (Wildman–Crippen LogP) is 3.05. The minimum atomic E-state index is -1.06. The lowest BCUT2D eigenvalue weighted by Gasteiger charge is -2.03. The van der Waals surface area contributed by atoms with E-state index in [2.05, 4.69) is 15.5 Å². The van der Waals surface area contributed by atoms with E-state index in [1.165, 1.54) is 17.4 Å². The van der Waals surface area contributed by atoms with Crippen molar-refractivity contribution in [1.82, 2.24) is 15.5 Å². The maximum atomic E-state index is 13.1. The highest BCUT2D eigenvalue weighted by Crippen LogP contribution is 2.22. The van der Waals surface area contributed by atoms with Crippen molar-refractivity contribution in [2.75, 3.05) is 6.54 Å². The Morgan fingerprint density at radius 1 is 1.22 bits per heavy atom. The first-order chi connectivity index (χ1) is 11.1. The van der Waals surface area contributed by atoms with Crippen LogP contribution in [0.2, 0.25) is 0 Å². The molecule has 0 saturated carbocycles. The van der Waals surface area contributed by atoms with Gasteiger partial charge in [-0.15, -0.1) is 21.5 Å². The van der Waals surface area contributed by atoms with E-state index in [1.807, 2.05) is 17.5 Å². The number of aromatic nitrogens is 2. The highest BCUT2D eigenvalue weighted by molar-refractivity contribution is 7.13. The Morgan fingerprint density at radius 2 is 2.09 bits per heavy atom. The molecule has 118 valence electrons. The van der Waals surface area contributed by atoms with Crippen LogP contribution in [0, 0.1) is 11.6 Å². The molecule has 2 aromatic heterocycles. The van der Waals surface area contributed by atoms with Crippen LogP contribution in [0.15, 0.2) is 40.1 Å².